The van der Waals surface area contributed by atoms with E-state index >= 15 is 0 Å². The molecule has 3 aliphatic rings. The Morgan fingerprint density at radius 1 is 1.15 bits per heavy atom. The van der Waals surface area contributed by atoms with Crippen LogP contribution in [0.3, 0.4) is 0 Å². The van der Waals surface area contributed by atoms with Gasteiger partial charge >= 0.3 is 0 Å². The van der Waals surface area contributed by atoms with E-state index in [1.54, 1.807) is 24.0 Å². The topological polar surface area (TPSA) is 102 Å². The third kappa shape index (κ3) is 4.20. The van der Waals surface area contributed by atoms with Crippen molar-refractivity contribution in [1.29, 1.82) is 0 Å². The normalized spacial score (nSPS) is 20.3. The molecule has 0 saturated carbocycles. The average molecular weight is 555 g/mol. The van der Waals surface area contributed by atoms with Gasteiger partial charge in [-0.15, -0.1) is 0 Å². The van der Waals surface area contributed by atoms with E-state index in [9.17, 15) is 27.6 Å². The van der Waals surface area contributed by atoms with Gasteiger partial charge in [-0.25, -0.2) is 18.2 Å². The Morgan fingerprint density at radius 2 is 1.93 bits per heavy atom. The molecule has 1 unspecified atom stereocenters. The second kappa shape index (κ2) is 9.90. The number of halogens is 3. The number of aromatic amines is 1. The van der Waals surface area contributed by atoms with Crippen LogP contribution in [-0.4, -0.2) is 81.3 Å². The van der Waals surface area contributed by atoms with Crippen LogP contribution in [0.1, 0.15) is 53.7 Å². The molecule has 6 rings (SSSR count). The van der Waals surface area contributed by atoms with Crippen LogP contribution < -0.4 is 4.90 Å². The lowest BCUT2D eigenvalue weighted by Gasteiger charge is -2.39. The highest BCUT2D eigenvalue weighted by molar-refractivity contribution is 6.11. The number of likely N-dealkylation sites (tertiary alicyclic amines) is 2. The number of alkyl halides is 2. The zero-order valence-electron chi connectivity index (χ0n) is 22.0. The molecule has 3 amide bonds. The predicted molar refractivity (Wildman–Crippen MR) is 140 cm³/mol. The fourth-order valence-electron chi connectivity index (χ4n) is 6.64. The summed E-state index contributed by atoms with van der Waals surface area (Å²) in [6.45, 7) is 2.18. The molecule has 0 bridgehead atoms. The number of H-pyrrole nitrogens is 1. The van der Waals surface area contributed by atoms with E-state index in [4.69, 9.17) is 0 Å². The minimum absolute atomic E-state index is 0.245. The number of hydrogen-bond acceptors (Lipinski definition) is 5. The lowest BCUT2D eigenvalue weighted by molar-refractivity contribution is -0.133. The molecule has 1 spiro atoms. The summed E-state index contributed by atoms with van der Waals surface area (Å²) >= 11 is 0. The SMILES string of the molecule is Cc1c(F)ccc2c1C1(CCN(C(=O)c3ccc4[nH]ncc4n3)CC1)C(=O)N2CC(=O)N1CCCC1CC(F)F. The maximum absolute atomic E-state index is 14.8. The van der Waals surface area contributed by atoms with Crippen LogP contribution in [0.2, 0.25) is 0 Å². The first-order chi connectivity index (χ1) is 19.2. The van der Waals surface area contributed by atoms with Gasteiger partial charge in [-0.2, -0.15) is 5.10 Å². The number of piperidine rings is 1. The van der Waals surface area contributed by atoms with Gasteiger partial charge < -0.3 is 14.7 Å². The number of carbonyl (C=O) groups excluding carboxylic acids is 3. The van der Waals surface area contributed by atoms with Crippen molar-refractivity contribution < 1.29 is 27.6 Å². The molecule has 12 heteroatoms. The van der Waals surface area contributed by atoms with Crippen molar-refractivity contribution in [3.63, 3.8) is 0 Å². The van der Waals surface area contributed by atoms with E-state index in [-0.39, 0.29) is 50.0 Å². The molecule has 1 aromatic carbocycles. The summed E-state index contributed by atoms with van der Waals surface area (Å²) in [5.41, 5.74) is 1.80. The van der Waals surface area contributed by atoms with Gasteiger partial charge in [0, 0.05) is 37.8 Å². The van der Waals surface area contributed by atoms with E-state index in [1.807, 2.05) is 0 Å². The van der Waals surface area contributed by atoms with Crippen LogP contribution in [-0.2, 0) is 15.0 Å². The molecule has 0 aliphatic carbocycles. The molecule has 2 fully saturated rings. The molecule has 210 valence electrons. The summed E-state index contributed by atoms with van der Waals surface area (Å²) in [7, 11) is 0. The van der Waals surface area contributed by atoms with Gasteiger partial charge in [0.05, 0.1) is 17.1 Å². The van der Waals surface area contributed by atoms with Crippen LogP contribution in [0.25, 0.3) is 11.0 Å². The third-order valence-corrected chi connectivity index (χ3v) is 8.66. The van der Waals surface area contributed by atoms with Crippen molar-refractivity contribution in [1.82, 2.24) is 25.0 Å². The van der Waals surface area contributed by atoms with Crippen molar-refractivity contribution in [3.05, 3.63) is 53.1 Å². The van der Waals surface area contributed by atoms with Gasteiger partial charge in [0.2, 0.25) is 18.2 Å². The number of nitrogens with one attached hydrogen (secondary N) is 1. The molecule has 5 heterocycles. The summed E-state index contributed by atoms with van der Waals surface area (Å²) in [5.74, 6) is -1.44. The molecule has 3 aliphatic heterocycles. The average Bonchev–Trinajstić information content (AvgIpc) is 3.65. The highest BCUT2D eigenvalue weighted by Crippen LogP contribution is 2.50. The van der Waals surface area contributed by atoms with Crippen molar-refractivity contribution in [2.75, 3.05) is 31.1 Å². The number of nitrogens with zero attached hydrogens (tertiary/aromatic N) is 5. The second-order valence-electron chi connectivity index (χ2n) is 10.8. The Bertz CT molecular complexity index is 1500. The first-order valence-electron chi connectivity index (χ1n) is 13.5. The van der Waals surface area contributed by atoms with Crippen molar-refractivity contribution in [2.24, 2.45) is 0 Å². The maximum Gasteiger partial charge on any atom is 0.272 e. The van der Waals surface area contributed by atoms with E-state index in [1.165, 1.54) is 28.1 Å². The summed E-state index contributed by atoms with van der Waals surface area (Å²) < 4.78 is 41.0. The number of anilines is 1. The zero-order valence-corrected chi connectivity index (χ0v) is 22.0. The smallest absolute Gasteiger partial charge is 0.272 e. The largest absolute Gasteiger partial charge is 0.338 e. The fourth-order valence-corrected chi connectivity index (χ4v) is 6.64. The molecule has 3 aromatic rings. The molecule has 0 radical (unpaired) electrons. The number of fused-ring (bicyclic) bond motifs is 3. The standard InChI is InChI=1S/C28H29F3N6O3/c1-16-18(29)4-7-22-25(16)28(27(40)37(22)15-24(38)36-10-2-3-17(36)13-23(30)31)8-11-35(12-9-28)26(39)20-6-5-19-21(33-20)14-32-34-19/h4-7,14,17,23H,2-3,8-13,15H2,1H3,(H,32,34). The van der Waals surface area contributed by atoms with Crippen LogP contribution in [0.15, 0.2) is 30.5 Å². The summed E-state index contributed by atoms with van der Waals surface area (Å²) in [4.78, 5) is 49.5. The van der Waals surface area contributed by atoms with Gasteiger partial charge in [0.1, 0.15) is 23.6 Å². The highest BCUT2D eigenvalue weighted by atomic mass is 19.3. The fraction of sp³-hybridized carbons (Fsp3) is 0.464. The summed E-state index contributed by atoms with van der Waals surface area (Å²) in [6, 6.07) is 5.59. The number of amides is 3. The van der Waals surface area contributed by atoms with Gasteiger partial charge in [0.25, 0.3) is 5.91 Å². The van der Waals surface area contributed by atoms with Gasteiger partial charge in [-0.05, 0) is 68.0 Å². The van der Waals surface area contributed by atoms with Crippen molar-refractivity contribution in [2.45, 2.75) is 56.9 Å². The van der Waals surface area contributed by atoms with Gasteiger partial charge in [0.15, 0.2) is 0 Å². The molecule has 1 atom stereocenters. The predicted octanol–water partition coefficient (Wildman–Crippen LogP) is 3.57. The number of rotatable bonds is 5. The van der Waals surface area contributed by atoms with Crippen molar-refractivity contribution >= 4 is 34.4 Å². The van der Waals surface area contributed by atoms with Crippen molar-refractivity contribution in [3.8, 4) is 0 Å². The van der Waals surface area contributed by atoms with E-state index < -0.39 is 36.0 Å². The Labute approximate surface area is 228 Å². The molecule has 2 aromatic heterocycles. The summed E-state index contributed by atoms with van der Waals surface area (Å²) in [5, 5.41) is 6.73. The monoisotopic (exact) mass is 554 g/mol. The number of carbonyl (C=O) groups is 3. The van der Waals surface area contributed by atoms with E-state index in [0.29, 0.717) is 47.2 Å². The quantitative estimate of drug-likeness (QED) is 0.520. The Balaban J connectivity index is 1.25. The lowest BCUT2D eigenvalue weighted by Crippen LogP contribution is -2.52. The molecule has 2 saturated heterocycles. The second-order valence-corrected chi connectivity index (χ2v) is 10.8. The Hall–Kier alpha value is -3.96. The van der Waals surface area contributed by atoms with Crippen LogP contribution >= 0.6 is 0 Å². The van der Waals surface area contributed by atoms with Crippen LogP contribution in [0.5, 0.6) is 0 Å². The molecule has 1 N–H and O–H groups in total. The van der Waals surface area contributed by atoms with E-state index in [0.717, 1.165) is 0 Å². The molecule has 40 heavy (non-hydrogen) atoms. The third-order valence-electron chi connectivity index (χ3n) is 8.66. The highest BCUT2D eigenvalue weighted by Gasteiger charge is 2.54. The summed E-state index contributed by atoms with van der Waals surface area (Å²) in [6.07, 6.45) is 0.269. The Morgan fingerprint density at radius 3 is 2.67 bits per heavy atom. The number of hydrogen-bond donors (Lipinski definition) is 1. The van der Waals surface area contributed by atoms with Crippen LogP contribution in [0.4, 0.5) is 18.9 Å². The first-order valence-corrected chi connectivity index (χ1v) is 13.5. The van der Waals surface area contributed by atoms with Gasteiger partial charge in [-0.3, -0.25) is 19.5 Å². The van der Waals surface area contributed by atoms with Gasteiger partial charge in [-0.1, -0.05) is 0 Å². The number of benzene rings is 1. The minimum atomic E-state index is -2.52. The zero-order chi connectivity index (χ0) is 28.2. The molecule has 9 nitrogen and oxygen atoms in total. The minimum Gasteiger partial charge on any atom is -0.338 e. The maximum atomic E-state index is 14.8. The first kappa shape index (κ1) is 26.3. The Kier molecular flexibility index (Phi) is 6.50. The number of pyridine rings is 1. The molecular formula is C28H29F3N6O3. The number of aromatic nitrogens is 3. The van der Waals surface area contributed by atoms with E-state index in [2.05, 4.69) is 15.2 Å². The lowest BCUT2D eigenvalue weighted by atomic mass is 9.72. The van der Waals surface area contributed by atoms with Crippen LogP contribution in [0, 0.1) is 12.7 Å². The molecular weight excluding hydrogens is 525 g/mol.